The summed E-state index contributed by atoms with van der Waals surface area (Å²) in [6, 6.07) is 9.23. The molecule has 0 saturated heterocycles. The Morgan fingerprint density at radius 2 is 2.00 bits per heavy atom. The molecule has 1 aromatic heterocycles. The van der Waals surface area contributed by atoms with E-state index in [1.807, 2.05) is 24.3 Å². The highest BCUT2D eigenvalue weighted by atomic mass is 35.5. The second-order valence-electron chi connectivity index (χ2n) is 3.87. The van der Waals surface area contributed by atoms with Crippen LogP contribution < -0.4 is 4.90 Å². The number of rotatable bonds is 5. The molecule has 0 N–H and O–H groups in total. The number of anilines is 1. The number of hydrogen-bond donors (Lipinski definition) is 0. The number of pyridine rings is 1. The van der Waals surface area contributed by atoms with Crippen molar-refractivity contribution in [2.75, 3.05) is 23.9 Å². The Labute approximate surface area is 109 Å². The fourth-order valence-electron chi connectivity index (χ4n) is 1.94. The van der Waals surface area contributed by atoms with Crippen LogP contribution in [-0.2, 0) is 0 Å². The quantitative estimate of drug-likeness (QED) is 0.773. The summed E-state index contributed by atoms with van der Waals surface area (Å²) >= 11 is 5.68. The van der Waals surface area contributed by atoms with E-state index in [-0.39, 0.29) is 6.54 Å². The summed E-state index contributed by atoms with van der Waals surface area (Å²) in [7, 11) is 0. The number of fused-ring (bicyclic) bond motifs is 1. The molecule has 18 heavy (non-hydrogen) atoms. The fourth-order valence-corrected chi connectivity index (χ4v) is 2.14. The van der Waals surface area contributed by atoms with Gasteiger partial charge in [-0.1, -0.05) is 18.2 Å². The standard InChI is InChI=1S/C13H13ClF2N2/c14-6-8-18(9-13(15)16)12-5-7-17-11-4-2-1-3-10(11)12/h1-5,7,13H,6,8-9H2. The highest BCUT2D eigenvalue weighted by molar-refractivity contribution is 6.18. The maximum absolute atomic E-state index is 12.6. The van der Waals surface area contributed by atoms with E-state index in [1.165, 1.54) is 0 Å². The fraction of sp³-hybridized carbons (Fsp3) is 0.308. The molecule has 96 valence electrons. The number of para-hydroxylation sites is 1. The summed E-state index contributed by atoms with van der Waals surface area (Å²) in [6.45, 7) is 0.0701. The maximum atomic E-state index is 12.6. The lowest BCUT2D eigenvalue weighted by molar-refractivity contribution is 0.155. The summed E-state index contributed by atoms with van der Waals surface area (Å²) in [6.07, 6.45) is -0.759. The zero-order valence-corrected chi connectivity index (χ0v) is 10.4. The zero-order valence-electron chi connectivity index (χ0n) is 9.69. The predicted octanol–water partition coefficient (Wildman–Crippen LogP) is 3.55. The van der Waals surface area contributed by atoms with Gasteiger partial charge in [0.1, 0.15) is 0 Å². The molecule has 0 radical (unpaired) electrons. The first-order valence-electron chi connectivity index (χ1n) is 5.65. The van der Waals surface area contributed by atoms with Crippen LogP contribution in [0.1, 0.15) is 0 Å². The van der Waals surface area contributed by atoms with Crippen LogP contribution in [0, 0.1) is 0 Å². The molecule has 0 bridgehead atoms. The van der Waals surface area contributed by atoms with Crippen molar-refractivity contribution in [3.8, 4) is 0 Å². The molecule has 2 aromatic rings. The normalized spacial score (nSPS) is 11.1. The van der Waals surface area contributed by atoms with E-state index >= 15 is 0 Å². The second kappa shape index (κ2) is 5.96. The van der Waals surface area contributed by atoms with Crippen LogP contribution in [0.5, 0.6) is 0 Å². The Morgan fingerprint density at radius 1 is 1.22 bits per heavy atom. The van der Waals surface area contributed by atoms with Gasteiger partial charge < -0.3 is 4.90 Å². The van der Waals surface area contributed by atoms with E-state index in [1.54, 1.807) is 17.2 Å². The number of nitrogens with zero attached hydrogens (tertiary/aromatic N) is 2. The maximum Gasteiger partial charge on any atom is 0.255 e. The van der Waals surface area contributed by atoms with E-state index in [0.717, 1.165) is 16.6 Å². The predicted molar refractivity (Wildman–Crippen MR) is 70.7 cm³/mol. The van der Waals surface area contributed by atoms with Gasteiger partial charge in [-0.3, -0.25) is 4.98 Å². The van der Waals surface area contributed by atoms with Gasteiger partial charge in [-0.15, -0.1) is 11.6 Å². The average Bonchev–Trinajstić information content (AvgIpc) is 2.37. The average molecular weight is 271 g/mol. The number of alkyl halides is 3. The van der Waals surface area contributed by atoms with Crippen molar-refractivity contribution < 1.29 is 8.78 Å². The molecule has 0 fully saturated rings. The molecule has 0 saturated carbocycles. The van der Waals surface area contributed by atoms with Crippen LogP contribution in [-0.4, -0.2) is 30.4 Å². The molecule has 2 rings (SSSR count). The molecule has 5 heteroatoms. The smallest absolute Gasteiger partial charge is 0.255 e. The molecular formula is C13H13ClF2N2. The number of hydrogen-bond acceptors (Lipinski definition) is 2. The minimum Gasteiger partial charge on any atom is -0.364 e. The molecule has 0 amide bonds. The van der Waals surface area contributed by atoms with Gasteiger partial charge in [-0.2, -0.15) is 0 Å². The van der Waals surface area contributed by atoms with Gasteiger partial charge in [-0.05, 0) is 12.1 Å². The lowest BCUT2D eigenvalue weighted by Crippen LogP contribution is -2.30. The van der Waals surface area contributed by atoms with E-state index in [4.69, 9.17) is 11.6 Å². The van der Waals surface area contributed by atoms with Gasteiger partial charge >= 0.3 is 0 Å². The van der Waals surface area contributed by atoms with Crippen molar-refractivity contribution in [1.29, 1.82) is 0 Å². The molecule has 2 nitrogen and oxygen atoms in total. The molecule has 0 aliphatic heterocycles. The Balaban J connectivity index is 2.43. The van der Waals surface area contributed by atoms with Gasteiger partial charge in [0.25, 0.3) is 6.43 Å². The lowest BCUT2D eigenvalue weighted by atomic mass is 10.1. The van der Waals surface area contributed by atoms with Crippen LogP contribution in [0.15, 0.2) is 36.5 Å². The molecular weight excluding hydrogens is 258 g/mol. The molecule has 1 heterocycles. The first-order valence-corrected chi connectivity index (χ1v) is 6.18. The first-order chi connectivity index (χ1) is 8.72. The van der Waals surface area contributed by atoms with E-state index in [0.29, 0.717) is 12.4 Å². The van der Waals surface area contributed by atoms with Gasteiger partial charge in [0, 0.05) is 29.7 Å². The van der Waals surface area contributed by atoms with Crippen molar-refractivity contribution in [2.45, 2.75) is 6.43 Å². The van der Waals surface area contributed by atoms with E-state index in [9.17, 15) is 8.78 Å². The van der Waals surface area contributed by atoms with E-state index < -0.39 is 6.43 Å². The van der Waals surface area contributed by atoms with Crippen molar-refractivity contribution in [1.82, 2.24) is 4.98 Å². The first kappa shape index (κ1) is 13.0. The minimum absolute atomic E-state index is 0.309. The third-order valence-corrected chi connectivity index (χ3v) is 2.85. The molecule has 1 aromatic carbocycles. The van der Waals surface area contributed by atoms with Gasteiger partial charge in [0.15, 0.2) is 0 Å². The van der Waals surface area contributed by atoms with Gasteiger partial charge in [0.05, 0.1) is 12.1 Å². The third-order valence-electron chi connectivity index (χ3n) is 2.68. The SMILES string of the molecule is FC(F)CN(CCCl)c1ccnc2ccccc12. The summed E-state index contributed by atoms with van der Waals surface area (Å²) in [4.78, 5) is 5.82. The Hall–Kier alpha value is -1.42. The minimum atomic E-state index is -2.39. The van der Waals surface area contributed by atoms with Crippen molar-refractivity contribution in [2.24, 2.45) is 0 Å². The van der Waals surface area contributed by atoms with E-state index in [2.05, 4.69) is 4.98 Å². The Bertz CT molecular complexity index is 514. The highest BCUT2D eigenvalue weighted by Crippen LogP contribution is 2.25. The summed E-state index contributed by atoms with van der Waals surface area (Å²) in [5.41, 5.74) is 1.55. The molecule has 0 unspecified atom stereocenters. The van der Waals surface area contributed by atoms with Crippen molar-refractivity contribution >= 4 is 28.2 Å². The van der Waals surface area contributed by atoms with Crippen LogP contribution in [0.3, 0.4) is 0 Å². The molecule has 0 aliphatic carbocycles. The third kappa shape index (κ3) is 2.88. The number of halogens is 3. The Morgan fingerprint density at radius 3 is 2.72 bits per heavy atom. The summed E-state index contributed by atoms with van der Waals surface area (Å²) in [5.74, 6) is 0.309. The monoisotopic (exact) mass is 270 g/mol. The summed E-state index contributed by atoms with van der Waals surface area (Å²) < 4.78 is 25.2. The van der Waals surface area contributed by atoms with Gasteiger partial charge in [0.2, 0.25) is 0 Å². The van der Waals surface area contributed by atoms with Crippen LogP contribution >= 0.6 is 11.6 Å². The molecule has 0 aliphatic rings. The zero-order chi connectivity index (χ0) is 13.0. The van der Waals surface area contributed by atoms with Crippen molar-refractivity contribution in [3.05, 3.63) is 36.5 Å². The second-order valence-corrected chi connectivity index (χ2v) is 4.25. The summed E-state index contributed by atoms with van der Waals surface area (Å²) in [5, 5.41) is 0.866. The topological polar surface area (TPSA) is 16.1 Å². The van der Waals surface area contributed by atoms with Crippen LogP contribution in [0.2, 0.25) is 0 Å². The number of aromatic nitrogens is 1. The van der Waals surface area contributed by atoms with Gasteiger partial charge in [-0.25, -0.2) is 8.78 Å². The van der Waals surface area contributed by atoms with Crippen molar-refractivity contribution in [3.63, 3.8) is 0 Å². The van der Waals surface area contributed by atoms with Crippen LogP contribution in [0.25, 0.3) is 10.9 Å². The van der Waals surface area contributed by atoms with Crippen LogP contribution in [0.4, 0.5) is 14.5 Å². The molecule has 0 atom stereocenters. The highest BCUT2D eigenvalue weighted by Gasteiger charge is 2.14. The number of benzene rings is 1. The lowest BCUT2D eigenvalue weighted by Gasteiger charge is -2.24. The molecule has 0 spiro atoms. The Kier molecular flexibility index (Phi) is 4.31. The largest absolute Gasteiger partial charge is 0.364 e.